The third-order valence-corrected chi connectivity index (χ3v) is 4.57. The van der Waals surface area contributed by atoms with Crippen molar-refractivity contribution in [3.8, 4) is 0 Å². The van der Waals surface area contributed by atoms with Crippen molar-refractivity contribution in [1.29, 1.82) is 0 Å². The Kier molecular flexibility index (Phi) is 9.05. The van der Waals surface area contributed by atoms with Crippen LogP contribution in [0.25, 0.3) is 0 Å². The van der Waals surface area contributed by atoms with Crippen LogP contribution in [0.1, 0.15) is 17.5 Å². The summed E-state index contributed by atoms with van der Waals surface area (Å²) in [5, 5.41) is 0. The minimum Gasteiger partial charge on any atom is -0.211 e. The van der Waals surface area contributed by atoms with Crippen molar-refractivity contribution in [3.05, 3.63) is 83.5 Å². The molecule has 0 saturated heterocycles. The van der Waals surface area contributed by atoms with Crippen molar-refractivity contribution >= 4 is 35.7 Å². The smallest absolute Gasteiger partial charge is 0.211 e. The molecule has 158 valence electrons. The van der Waals surface area contributed by atoms with E-state index in [2.05, 4.69) is 20.0 Å². The third-order valence-electron chi connectivity index (χ3n) is 4.57. The van der Waals surface area contributed by atoms with E-state index in [1.165, 1.54) is 29.9 Å². The number of rotatable bonds is 6. The zero-order chi connectivity index (χ0) is 23.2. The second kappa shape index (κ2) is 12.2. The van der Waals surface area contributed by atoms with E-state index in [1.54, 1.807) is 31.2 Å². The van der Waals surface area contributed by atoms with Gasteiger partial charge in [0.25, 0.3) is 0 Å². The summed E-state index contributed by atoms with van der Waals surface area (Å²) in [4.78, 5) is 54.8. The number of isocyanates is 4. The lowest BCUT2D eigenvalue weighted by Gasteiger charge is -2.20. The molecule has 0 fully saturated rings. The highest BCUT2D eigenvalue weighted by molar-refractivity contribution is 5.64. The molecule has 0 unspecified atom stereocenters. The first-order valence-electron chi connectivity index (χ1n) is 9.43. The molecule has 0 heterocycles. The largest absolute Gasteiger partial charge is 0.240 e. The van der Waals surface area contributed by atoms with Gasteiger partial charge in [0.2, 0.25) is 24.3 Å². The van der Waals surface area contributed by atoms with Crippen LogP contribution in [0.4, 0.5) is 11.4 Å². The molecule has 0 atom stereocenters. The van der Waals surface area contributed by atoms with Crippen LogP contribution in [0.2, 0.25) is 0 Å². The first-order chi connectivity index (χ1) is 15.6. The maximum Gasteiger partial charge on any atom is 0.240 e. The molecule has 0 aliphatic heterocycles. The lowest BCUT2D eigenvalue weighted by molar-refractivity contribution is 0.512. The molecule has 3 rings (SSSR count). The Morgan fingerprint density at radius 2 is 1.41 bits per heavy atom. The zero-order valence-electron chi connectivity index (χ0n) is 17.2. The highest BCUT2D eigenvalue weighted by Crippen LogP contribution is 2.28. The van der Waals surface area contributed by atoms with Crippen LogP contribution >= 0.6 is 0 Å². The van der Waals surface area contributed by atoms with Crippen LogP contribution in [0, 0.1) is 6.92 Å². The highest BCUT2D eigenvalue weighted by Gasteiger charge is 2.27. The highest BCUT2D eigenvalue weighted by atomic mass is 16.1. The predicted molar refractivity (Wildman–Crippen MR) is 118 cm³/mol. The Bertz CT molecular complexity index is 1150. The van der Waals surface area contributed by atoms with E-state index in [0.29, 0.717) is 23.4 Å². The minimum atomic E-state index is -1.15. The molecule has 0 saturated carbocycles. The molecule has 1 aliphatic rings. The molecule has 0 bridgehead atoms. The summed E-state index contributed by atoms with van der Waals surface area (Å²) in [6.07, 6.45) is 12.3. The van der Waals surface area contributed by atoms with E-state index in [4.69, 9.17) is 0 Å². The number of carbonyl (C=O) groups excluding carboxylic acids is 4. The Morgan fingerprint density at radius 3 is 1.88 bits per heavy atom. The molecule has 1 aliphatic carbocycles. The van der Waals surface area contributed by atoms with Gasteiger partial charge >= 0.3 is 0 Å². The van der Waals surface area contributed by atoms with E-state index in [0.717, 1.165) is 12.0 Å². The molecule has 2 aromatic rings. The van der Waals surface area contributed by atoms with E-state index >= 15 is 0 Å². The van der Waals surface area contributed by atoms with Gasteiger partial charge in [-0.1, -0.05) is 48.6 Å². The van der Waals surface area contributed by atoms with E-state index < -0.39 is 5.66 Å². The van der Waals surface area contributed by atoms with E-state index in [-0.39, 0.29) is 0 Å². The second-order valence-electron chi connectivity index (χ2n) is 6.59. The van der Waals surface area contributed by atoms with Crippen molar-refractivity contribution in [1.82, 2.24) is 0 Å². The standard InChI is InChI=1S/C15H12N2O2.C9H6N2O2/c18-11-16-15(17-12-19)8-6-14(7-9-15)10-13-4-2-1-3-5-13;1-7-8(10-5-12)3-2-4-9(7)11-6-13/h1-8H,9-10H2;2-4H,1H3. The van der Waals surface area contributed by atoms with Crippen molar-refractivity contribution in [2.45, 2.75) is 25.4 Å². The van der Waals surface area contributed by atoms with Gasteiger partial charge in [-0.2, -0.15) is 20.0 Å². The maximum atomic E-state index is 10.4. The average molecular weight is 426 g/mol. The molecular weight excluding hydrogens is 408 g/mol. The molecular formula is C24H18N4O4. The minimum absolute atomic E-state index is 0.371. The lowest BCUT2D eigenvalue weighted by Crippen LogP contribution is -2.22. The summed E-state index contributed by atoms with van der Waals surface area (Å²) in [5.41, 5.74) is 2.74. The van der Waals surface area contributed by atoms with Gasteiger partial charge in [-0.25, -0.2) is 19.2 Å². The van der Waals surface area contributed by atoms with Gasteiger partial charge in [-0.05, 0) is 42.7 Å². The van der Waals surface area contributed by atoms with Crippen LogP contribution in [0.15, 0.2) is 92.3 Å². The van der Waals surface area contributed by atoms with Crippen molar-refractivity contribution < 1.29 is 19.2 Å². The topological polar surface area (TPSA) is 118 Å². The fraction of sp³-hybridized carbons (Fsp3) is 0.167. The van der Waals surface area contributed by atoms with E-state index in [1.807, 2.05) is 42.5 Å². The van der Waals surface area contributed by atoms with Crippen molar-refractivity contribution in [3.63, 3.8) is 0 Å². The summed E-state index contributed by atoms with van der Waals surface area (Å²) < 4.78 is 0. The molecule has 0 aromatic heterocycles. The fourth-order valence-electron chi connectivity index (χ4n) is 2.92. The van der Waals surface area contributed by atoms with Crippen LogP contribution in [0.3, 0.4) is 0 Å². The lowest BCUT2D eigenvalue weighted by atomic mass is 9.94. The Morgan fingerprint density at radius 1 is 0.812 bits per heavy atom. The van der Waals surface area contributed by atoms with E-state index in [9.17, 15) is 19.2 Å². The van der Waals surface area contributed by atoms with Crippen LogP contribution in [0.5, 0.6) is 0 Å². The molecule has 0 N–H and O–H groups in total. The zero-order valence-corrected chi connectivity index (χ0v) is 17.2. The van der Waals surface area contributed by atoms with Gasteiger partial charge in [0.1, 0.15) is 0 Å². The molecule has 2 aromatic carbocycles. The quantitative estimate of drug-likeness (QED) is 0.502. The van der Waals surface area contributed by atoms with Crippen LogP contribution in [-0.4, -0.2) is 30.0 Å². The fourth-order valence-corrected chi connectivity index (χ4v) is 2.92. The van der Waals surface area contributed by atoms with Gasteiger partial charge < -0.3 is 0 Å². The molecule has 0 spiro atoms. The molecule has 32 heavy (non-hydrogen) atoms. The molecule has 8 heteroatoms. The number of hydrogen-bond donors (Lipinski definition) is 0. The summed E-state index contributed by atoms with van der Waals surface area (Å²) in [6, 6.07) is 15.0. The monoisotopic (exact) mass is 426 g/mol. The van der Waals surface area contributed by atoms with Gasteiger partial charge in [0.15, 0.2) is 5.66 Å². The van der Waals surface area contributed by atoms with Crippen molar-refractivity contribution in [2.75, 3.05) is 0 Å². The van der Waals surface area contributed by atoms with Gasteiger partial charge in [0.05, 0.1) is 11.4 Å². The van der Waals surface area contributed by atoms with Crippen LogP contribution in [-0.2, 0) is 25.6 Å². The number of benzene rings is 2. The summed E-state index contributed by atoms with van der Waals surface area (Å²) >= 11 is 0. The summed E-state index contributed by atoms with van der Waals surface area (Å²) in [5.74, 6) is 0. The van der Waals surface area contributed by atoms with Gasteiger partial charge in [-0.3, -0.25) is 0 Å². The number of allylic oxidation sites excluding steroid dienone is 2. The molecule has 0 radical (unpaired) electrons. The summed E-state index contributed by atoms with van der Waals surface area (Å²) in [6.45, 7) is 1.71. The normalized spacial score (nSPS) is 15.8. The van der Waals surface area contributed by atoms with Crippen LogP contribution < -0.4 is 0 Å². The SMILES string of the molecule is Cc1c(N=C=O)cccc1N=C=O.O=C=NC1(N=C=O)C=CC(Cc2ccccc2)=CC1. The first-order valence-corrected chi connectivity index (χ1v) is 9.43. The number of aliphatic imine (C=N–C) groups is 4. The molecule has 0 amide bonds. The number of nitrogens with zero attached hydrogens (tertiary/aromatic N) is 4. The Labute approximate surface area is 184 Å². The van der Waals surface area contributed by atoms with Gasteiger partial charge in [-0.15, -0.1) is 0 Å². The molecule has 8 nitrogen and oxygen atoms in total. The number of hydrogen-bond acceptors (Lipinski definition) is 8. The van der Waals surface area contributed by atoms with Crippen molar-refractivity contribution in [2.24, 2.45) is 20.0 Å². The predicted octanol–water partition coefficient (Wildman–Crippen LogP) is 4.41. The first kappa shape index (κ1) is 23.7. The summed E-state index contributed by atoms with van der Waals surface area (Å²) in [7, 11) is 0. The third kappa shape index (κ3) is 6.75. The second-order valence-corrected chi connectivity index (χ2v) is 6.59. The Hall–Kier alpha value is -4.56. The maximum absolute atomic E-state index is 10.4. The van der Waals surface area contributed by atoms with Gasteiger partial charge in [0, 0.05) is 12.0 Å². The Balaban J connectivity index is 0.000000244. The average Bonchev–Trinajstić information content (AvgIpc) is 2.80.